The maximum absolute atomic E-state index is 5.78. The normalized spacial score (nSPS) is 19.1. The predicted molar refractivity (Wildman–Crippen MR) is 99.1 cm³/mol. The second-order valence-electron chi connectivity index (χ2n) is 6.98. The van der Waals surface area contributed by atoms with Gasteiger partial charge in [-0.2, -0.15) is 0 Å². The minimum atomic E-state index is 0.320. The summed E-state index contributed by atoms with van der Waals surface area (Å²) in [5.41, 5.74) is 0. The van der Waals surface area contributed by atoms with E-state index in [-0.39, 0.29) is 0 Å². The molecule has 1 aliphatic heterocycles. The molecule has 0 aromatic rings. The molecule has 0 spiro atoms. The summed E-state index contributed by atoms with van der Waals surface area (Å²) in [5, 5.41) is 6.82. The van der Waals surface area contributed by atoms with E-state index in [0.717, 1.165) is 44.5 Å². The average Bonchev–Trinajstić information content (AvgIpc) is 2.54. The van der Waals surface area contributed by atoms with Gasteiger partial charge >= 0.3 is 0 Å². The Hall–Kier alpha value is -0.810. The fourth-order valence-corrected chi connectivity index (χ4v) is 2.99. The number of hydrogen-bond acceptors (Lipinski definition) is 3. The van der Waals surface area contributed by atoms with Gasteiger partial charge in [-0.1, -0.05) is 20.8 Å². The third-order valence-electron chi connectivity index (χ3n) is 4.67. The van der Waals surface area contributed by atoms with E-state index in [0.29, 0.717) is 12.0 Å². The molecule has 0 aliphatic carbocycles. The molecule has 0 saturated carbocycles. The molecule has 1 saturated heterocycles. The molecule has 5 nitrogen and oxygen atoms in total. The van der Waals surface area contributed by atoms with Gasteiger partial charge in [-0.05, 0) is 51.1 Å². The van der Waals surface area contributed by atoms with E-state index >= 15 is 0 Å². The van der Waals surface area contributed by atoms with Crippen molar-refractivity contribution in [1.29, 1.82) is 0 Å². The van der Waals surface area contributed by atoms with Gasteiger partial charge in [0.25, 0.3) is 0 Å². The highest BCUT2D eigenvalue weighted by Crippen LogP contribution is 2.15. The lowest BCUT2D eigenvalue weighted by Crippen LogP contribution is -2.44. The molecule has 5 heteroatoms. The molecule has 23 heavy (non-hydrogen) atoms. The Labute approximate surface area is 143 Å². The fourth-order valence-electron chi connectivity index (χ4n) is 2.99. The average molecular weight is 327 g/mol. The zero-order chi connectivity index (χ0) is 17.1. The largest absolute Gasteiger partial charge is 0.378 e. The molecule has 0 aromatic carbocycles. The number of aliphatic imine (C=N–C) groups is 1. The lowest BCUT2D eigenvalue weighted by Gasteiger charge is -2.30. The van der Waals surface area contributed by atoms with Gasteiger partial charge in [0.15, 0.2) is 5.96 Å². The number of guanidine groups is 1. The summed E-state index contributed by atoms with van der Waals surface area (Å²) < 4.78 is 5.78. The van der Waals surface area contributed by atoms with Crippen LogP contribution in [0, 0.1) is 11.8 Å². The maximum atomic E-state index is 5.78. The Bertz CT molecular complexity index is 325. The van der Waals surface area contributed by atoms with E-state index in [1.807, 2.05) is 7.05 Å². The van der Waals surface area contributed by atoms with Crippen LogP contribution in [0.15, 0.2) is 4.99 Å². The SMILES string of the molecule is CCOC(CCNC(=NC)NCCN1CCC(C)CC1)C(C)C. The number of likely N-dealkylation sites (tertiary alicyclic amines) is 1. The summed E-state index contributed by atoms with van der Waals surface area (Å²) in [5.74, 6) is 2.34. The summed E-state index contributed by atoms with van der Waals surface area (Å²) in [6.45, 7) is 15.0. The highest BCUT2D eigenvalue weighted by molar-refractivity contribution is 5.79. The summed E-state index contributed by atoms with van der Waals surface area (Å²) in [6.07, 6.45) is 4.00. The van der Waals surface area contributed by atoms with Crippen molar-refractivity contribution in [1.82, 2.24) is 15.5 Å². The molecule has 1 aliphatic rings. The van der Waals surface area contributed by atoms with Crippen LogP contribution in [0.5, 0.6) is 0 Å². The van der Waals surface area contributed by atoms with Crippen LogP contribution >= 0.6 is 0 Å². The van der Waals surface area contributed by atoms with E-state index in [1.165, 1.54) is 25.9 Å². The quantitative estimate of drug-likeness (QED) is 0.504. The van der Waals surface area contributed by atoms with Crippen molar-refractivity contribution < 1.29 is 4.74 Å². The fraction of sp³-hybridized carbons (Fsp3) is 0.944. The van der Waals surface area contributed by atoms with Gasteiger partial charge in [-0.15, -0.1) is 0 Å². The van der Waals surface area contributed by atoms with E-state index in [9.17, 15) is 0 Å². The van der Waals surface area contributed by atoms with E-state index in [1.54, 1.807) is 0 Å². The summed E-state index contributed by atoms with van der Waals surface area (Å²) in [6, 6.07) is 0. The molecule has 1 rings (SSSR count). The number of piperidine rings is 1. The van der Waals surface area contributed by atoms with Gasteiger partial charge < -0.3 is 20.3 Å². The van der Waals surface area contributed by atoms with Crippen molar-refractivity contribution in [2.45, 2.75) is 53.1 Å². The summed E-state index contributed by atoms with van der Waals surface area (Å²) >= 11 is 0. The molecule has 0 radical (unpaired) electrons. The van der Waals surface area contributed by atoms with E-state index < -0.39 is 0 Å². The highest BCUT2D eigenvalue weighted by atomic mass is 16.5. The minimum absolute atomic E-state index is 0.320. The molecule has 1 atom stereocenters. The molecule has 1 heterocycles. The Morgan fingerprint density at radius 2 is 1.87 bits per heavy atom. The van der Waals surface area contributed by atoms with Crippen LogP contribution in [-0.2, 0) is 4.74 Å². The Kier molecular flexibility index (Phi) is 10.3. The molecule has 1 unspecified atom stereocenters. The predicted octanol–water partition coefficient (Wildman–Crippen LogP) is 2.33. The van der Waals surface area contributed by atoms with Gasteiger partial charge in [0.1, 0.15) is 0 Å². The summed E-state index contributed by atoms with van der Waals surface area (Å²) in [7, 11) is 1.83. The number of rotatable bonds is 9. The van der Waals surface area contributed by atoms with E-state index in [2.05, 4.69) is 48.2 Å². The standard InChI is InChI=1S/C18H38N4O/c1-6-23-17(15(2)3)7-10-20-18(19-5)21-11-14-22-12-8-16(4)9-13-22/h15-17H,6-14H2,1-5H3,(H2,19,20,21). The molecule has 1 fully saturated rings. The van der Waals surface area contributed by atoms with Crippen LogP contribution in [0.4, 0.5) is 0 Å². The summed E-state index contributed by atoms with van der Waals surface area (Å²) in [4.78, 5) is 6.85. The van der Waals surface area contributed by atoms with Crippen LogP contribution < -0.4 is 10.6 Å². The van der Waals surface area contributed by atoms with Gasteiger partial charge in [0, 0.05) is 33.3 Å². The number of nitrogens with one attached hydrogen (secondary N) is 2. The first kappa shape index (κ1) is 20.2. The number of ether oxygens (including phenoxy) is 1. The van der Waals surface area contributed by atoms with Crippen LogP contribution in [0.3, 0.4) is 0 Å². The molecule has 136 valence electrons. The Morgan fingerprint density at radius 3 is 2.43 bits per heavy atom. The van der Waals surface area contributed by atoms with Crippen molar-refractivity contribution in [3.05, 3.63) is 0 Å². The van der Waals surface area contributed by atoms with Crippen LogP contribution in [0.25, 0.3) is 0 Å². The topological polar surface area (TPSA) is 48.9 Å². The van der Waals surface area contributed by atoms with Gasteiger partial charge in [-0.3, -0.25) is 4.99 Å². The molecule has 0 bridgehead atoms. The lowest BCUT2D eigenvalue weighted by atomic mass is 9.99. The molecule has 0 aromatic heterocycles. The molecule has 0 amide bonds. The van der Waals surface area contributed by atoms with Crippen molar-refractivity contribution in [2.24, 2.45) is 16.8 Å². The van der Waals surface area contributed by atoms with Crippen molar-refractivity contribution in [3.8, 4) is 0 Å². The van der Waals surface area contributed by atoms with Crippen molar-refractivity contribution >= 4 is 5.96 Å². The first-order valence-electron chi connectivity index (χ1n) is 9.35. The van der Waals surface area contributed by atoms with Crippen molar-refractivity contribution in [2.75, 3.05) is 46.4 Å². The van der Waals surface area contributed by atoms with Crippen molar-refractivity contribution in [3.63, 3.8) is 0 Å². The van der Waals surface area contributed by atoms with Gasteiger partial charge in [0.2, 0.25) is 0 Å². The molecule has 2 N–H and O–H groups in total. The maximum Gasteiger partial charge on any atom is 0.191 e. The molecular weight excluding hydrogens is 288 g/mol. The van der Waals surface area contributed by atoms with Gasteiger partial charge in [0.05, 0.1) is 6.10 Å². The Morgan fingerprint density at radius 1 is 1.22 bits per heavy atom. The first-order chi connectivity index (χ1) is 11.1. The zero-order valence-corrected chi connectivity index (χ0v) is 15.9. The van der Waals surface area contributed by atoms with Crippen LogP contribution in [-0.4, -0.2) is 63.3 Å². The number of nitrogens with zero attached hydrogens (tertiary/aromatic N) is 2. The smallest absolute Gasteiger partial charge is 0.191 e. The second kappa shape index (κ2) is 11.7. The highest BCUT2D eigenvalue weighted by Gasteiger charge is 2.15. The third-order valence-corrected chi connectivity index (χ3v) is 4.67. The lowest BCUT2D eigenvalue weighted by molar-refractivity contribution is 0.0258. The monoisotopic (exact) mass is 326 g/mol. The second-order valence-corrected chi connectivity index (χ2v) is 6.98. The Balaban J connectivity index is 2.16. The minimum Gasteiger partial charge on any atom is -0.378 e. The number of hydrogen-bond donors (Lipinski definition) is 2. The zero-order valence-electron chi connectivity index (χ0n) is 15.9. The van der Waals surface area contributed by atoms with Crippen LogP contribution in [0.2, 0.25) is 0 Å². The van der Waals surface area contributed by atoms with Gasteiger partial charge in [-0.25, -0.2) is 0 Å². The van der Waals surface area contributed by atoms with E-state index in [4.69, 9.17) is 4.74 Å². The first-order valence-corrected chi connectivity index (χ1v) is 9.35. The molecular formula is C18H38N4O. The third kappa shape index (κ3) is 8.56. The van der Waals surface area contributed by atoms with Crippen LogP contribution in [0.1, 0.15) is 47.0 Å².